The van der Waals surface area contributed by atoms with Crippen molar-refractivity contribution in [1.82, 2.24) is 15.3 Å². The van der Waals surface area contributed by atoms with Crippen LogP contribution in [0.25, 0.3) is 11.5 Å². The Balaban J connectivity index is 1.65. The number of benzene rings is 1. The van der Waals surface area contributed by atoms with Crippen molar-refractivity contribution in [3.05, 3.63) is 64.4 Å². The molecular weight excluding hydrogens is 350 g/mol. The Kier molecular flexibility index (Phi) is 5.55. The monoisotopic (exact) mass is 369 g/mol. The van der Waals surface area contributed by atoms with Crippen LogP contribution in [0.2, 0.25) is 0 Å². The van der Waals surface area contributed by atoms with Gasteiger partial charge < -0.3 is 24.2 Å². The maximum atomic E-state index is 12.3. The molecule has 0 bridgehead atoms. The Morgan fingerprint density at radius 2 is 2.00 bits per heavy atom. The molecule has 0 aliphatic rings. The molecule has 0 saturated heterocycles. The summed E-state index contributed by atoms with van der Waals surface area (Å²) in [5, 5.41) is 2.76. The fourth-order valence-electron chi connectivity index (χ4n) is 2.59. The first-order valence-corrected chi connectivity index (χ1v) is 8.25. The van der Waals surface area contributed by atoms with Crippen LogP contribution in [-0.2, 0) is 6.42 Å². The van der Waals surface area contributed by atoms with Crippen LogP contribution in [0.5, 0.6) is 11.5 Å². The minimum Gasteiger partial charge on any atom is -0.493 e. The van der Waals surface area contributed by atoms with Gasteiger partial charge in [0.05, 0.1) is 26.2 Å². The van der Waals surface area contributed by atoms with E-state index in [0.29, 0.717) is 35.9 Å². The first kappa shape index (κ1) is 18.2. The van der Waals surface area contributed by atoms with Gasteiger partial charge in [0.2, 0.25) is 0 Å². The summed E-state index contributed by atoms with van der Waals surface area (Å²) in [5.74, 6) is 1.28. The summed E-state index contributed by atoms with van der Waals surface area (Å²) in [6, 6.07) is 10.4. The molecule has 8 nitrogen and oxygen atoms in total. The van der Waals surface area contributed by atoms with Gasteiger partial charge in [-0.3, -0.25) is 4.79 Å². The lowest BCUT2D eigenvalue weighted by atomic mass is 10.1. The Morgan fingerprint density at radius 3 is 2.70 bits per heavy atom. The third-order valence-electron chi connectivity index (χ3n) is 3.91. The largest absolute Gasteiger partial charge is 0.493 e. The van der Waals surface area contributed by atoms with Crippen LogP contribution in [0, 0.1) is 0 Å². The van der Waals surface area contributed by atoms with Crippen molar-refractivity contribution in [2.24, 2.45) is 0 Å². The highest BCUT2D eigenvalue weighted by molar-refractivity contribution is 5.92. The lowest BCUT2D eigenvalue weighted by molar-refractivity contribution is 0.0948. The van der Waals surface area contributed by atoms with E-state index in [4.69, 9.17) is 13.9 Å². The van der Waals surface area contributed by atoms with E-state index >= 15 is 0 Å². The van der Waals surface area contributed by atoms with Gasteiger partial charge in [-0.05, 0) is 42.3 Å². The SMILES string of the molecule is COc1ccc(CCNC(=O)c2cc(-c3ccco3)[nH]c(=O)n2)cc1OC. The number of hydrogen-bond acceptors (Lipinski definition) is 6. The summed E-state index contributed by atoms with van der Waals surface area (Å²) in [4.78, 5) is 30.3. The van der Waals surface area contributed by atoms with Gasteiger partial charge in [-0.1, -0.05) is 6.07 Å². The van der Waals surface area contributed by atoms with Crippen molar-refractivity contribution >= 4 is 5.91 Å². The van der Waals surface area contributed by atoms with Gasteiger partial charge in [0.15, 0.2) is 11.5 Å². The lowest BCUT2D eigenvalue weighted by Gasteiger charge is -2.10. The minimum absolute atomic E-state index is 0.0254. The predicted octanol–water partition coefficient (Wildman–Crippen LogP) is 2.02. The van der Waals surface area contributed by atoms with Crippen molar-refractivity contribution in [3.8, 4) is 23.0 Å². The number of hydrogen-bond donors (Lipinski definition) is 2. The molecule has 2 heterocycles. The van der Waals surface area contributed by atoms with E-state index in [9.17, 15) is 9.59 Å². The van der Waals surface area contributed by atoms with Gasteiger partial charge in [0, 0.05) is 6.54 Å². The molecule has 0 unspecified atom stereocenters. The number of furan rings is 1. The quantitative estimate of drug-likeness (QED) is 0.660. The van der Waals surface area contributed by atoms with Crippen LogP contribution in [0.4, 0.5) is 0 Å². The third kappa shape index (κ3) is 4.35. The molecule has 0 aliphatic carbocycles. The second-order valence-corrected chi connectivity index (χ2v) is 5.66. The molecule has 1 amide bonds. The average Bonchev–Trinajstić information content (AvgIpc) is 3.22. The van der Waals surface area contributed by atoms with Crippen molar-refractivity contribution < 1.29 is 18.7 Å². The molecule has 0 spiro atoms. The molecule has 0 radical (unpaired) electrons. The van der Waals surface area contributed by atoms with Gasteiger partial charge in [-0.2, -0.15) is 4.98 Å². The number of amides is 1. The van der Waals surface area contributed by atoms with Crippen LogP contribution in [-0.4, -0.2) is 36.6 Å². The number of methoxy groups -OCH3 is 2. The number of H-pyrrole nitrogens is 1. The highest BCUT2D eigenvalue weighted by Crippen LogP contribution is 2.27. The number of rotatable bonds is 7. The van der Waals surface area contributed by atoms with E-state index in [2.05, 4.69) is 15.3 Å². The van der Waals surface area contributed by atoms with E-state index in [-0.39, 0.29) is 5.69 Å². The zero-order valence-corrected chi connectivity index (χ0v) is 14.9. The summed E-state index contributed by atoms with van der Waals surface area (Å²) >= 11 is 0. The minimum atomic E-state index is -0.617. The van der Waals surface area contributed by atoms with Crippen LogP contribution in [0.3, 0.4) is 0 Å². The smallest absolute Gasteiger partial charge is 0.346 e. The van der Waals surface area contributed by atoms with Crippen LogP contribution < -0.4 is 20.5 Å². The molecule has 2 N–H and O–H groups in total. The number of carbonyl (C=O) groups excluding carboxylic acids is 1. The highest BCUT2D eigenvalue weighted by Gasteiger charge is 2.12. The molecule has 2 aromatic heterocycles. The number of carbonyl (C=O) groups is 1. The Labute approximate surface area is 155 Å². The lowest BCUT2D eigenvalue weighted by Crippen LogP contribution is -2.29. The number of nitrogens with zero attached hydrogens (tertiary/aromatic N) is 1. The maximum absolute atomic E-state index is 12.3. The molecule has 0 fully saturated rings. The van der Waals surface area contributed by atoms with Crippen molar-refractivity contribution in [2.45, 2.75) is 6.42 Å². The topological polar surface area (TPSA) is 106 Å². The van der Waals surface area contributed by atoms with Crippen LogP contribution in [0.15, 0.2) is 51.9 Å². The van der Waals surface area contributed by atoms with Gasteiger partial charge in [-0.25, -0.2) is 4.79 Å². The Morgan fingerprint density at radius 1 is 1.19 bits per heavy atom. The van der Waals surface area contributed by atoms with Crippen molar-refractivity contribution in [3.63, 3.8) is 0 Å². The molecule has 1 aromatic carbocycles. The molecule has 3 aromatic rings. The first-order valence-electron chi connectivity index (χ1n) is 8.25. The van der Waals surface area contributed by atoms with Gasteiger partial charge in [0.25, 0.3) is 5.91 Å². The number of aromatic nitrogens is 2. The zero-order valence-electron chi connectivity index (χ0n) is 14.9. The Hall–Kier alpha value is -3.55. The zero-order chi connectivity index (χ0) is 19.2. The van der Waals surface area contributed by atoms with Gasteiger partial charge >= 0.3 is 5.69 Å². The summed E-state index contributed by atoms with van der Waals surface area (Å²) in [5.41, 5.74) is 0.777. The number of ether oxygens (including phenoxy) is 2. The first-order chi connectivity index (χ1) is 13.1. The highest BCUT2D eigenvalue weighted by atomic mass is 16.5. The van der Waals surface area contributed by atoms with E-state index in [0.717, 1.165) is 5.56 Å². The van der Waals surface area contributed by atoms with E-state index < -0.39 is 11.6 Å². The van der Waals surface area contributed by atoms with Gasteiger partial charge in [-0.15, -0.1) is 0 Å². The van der Waals surface area contributed by atoms with E-state index in [1.165, 1.54) is 12.3 Å². The second kappa shape index (κ2) is 8.22. The third-order valence-corrected chi connectivity index (χ3v) is 3.91. The molecular formula is C19H19N3O5. The molecule has 0 aliphatic heterocycles. The van der Waals surface area contributed by atoms with Crippen LogP contribution >= 0.6 is 0 Å². The summed E-state index contributed by atoms with van der Waals surface area (Å²) in [7, 11) is 3.14. The number of nitrogens with one attached hydrogen (secondary N) is 2. The van der Waals surface area contributed by atoms with Crippen molar-refractivity contribution in [1.29, 1.82) is 0 Å². The molecule has 140 valence electrons. The molecule has 27 heavy (non-hydrogen) atoms. The van der Waals surface area contributed by atoms with E-state index in [1.54, 1.807) is 26.4 Å². The summed E-state index contributed by atoms with van der Waals surface area (Å²) in [6.07, 6.45) is 2.07. The predicted molar refractivity (Wildman–Crippen MR) is 98.1 cm³/mol. The standard InChI is InChI=1S/C19H19N3O5/c1-25-16-6-5-12(10-17(16)26-2)7-8-20-18(23)14-11-13(21-19(24)22-14)15-4-3-9-27-15/h3-6,9-11H,7-8H2,1-2H3,(H,20,23)(H,21,22,24). The summed E-state index contributed by atoms with van der Waals surface area (Å²) < 4.78 is 15.7. The van der Waals surface area contributed by atoms with Gasteiger partial charge in [0.1, 0.15) is 11.5 Å². The summed E-state index contributed by atoms with van der Waals surface area (Å²) in [6.45, 7) is 0.374. The van der Waals surface area contributed by atoms with Crippen LogP contribution in [0.1, 0.15) is 16.1 Å². The maximum Gasteiger partial charge on any atom is 0.346 e. The van der Waals surface area contributed by atoms with E-state index in [1.807, 2.05) is 18.2 Å². The Bertz CT molecular complexity index is 979. The van der Waals surface area contributed by atoms with Crippen molar-refractivity contribution in [2.75, 3.05) is 20.8 Å². The fourth-order valence-corrected chi connectivity index (χ4v) is 2.59. The normalized spacial score (nSPS) is 10.4. The average molecular weight is 369 g/mol. The number of aromatic amines is 1. The molecule has 0 saturated carbocycles. The molecule has 3 rings (SSSR count). The molecule has 0 atom stereocenters. The molecule has 8 heteroatoms. The fraction of sp³-hybridized carbons (Fsp3) is 0.211. The second-order valence-electron chi connectivity index (χ2n) is 5.66.